The number of amides is 1. The predicted molar refractivity (Wildman–Crippen MR) is 80.4 cm³/mol. The summed E-state index contributed by atoms with van der Waals surface area (Å²) >= 11 is 1.52. The highest BCUT2D eigenvalue weighted by Gasteiger charge is 2.19. The summed E-state index contributed by atoms with van der Waals surface area (Å²) < 4.78 is 5.20. The smallest absolute Gasteiger partial charge is 0.280 e. The van der Waals surface area contributed by atoms with Crippen molar-refractivity contribution in [2.75, 3.05) is 0 Å². The third-order valence-corrected chi connectivity index (χ3v) is 4.73. The van der Waals surface area contributed by atoms with Crippen LogP contribution < -0.4 is 5.32 Å². The Kier molecular flexibility index (Phi) is 4.34. The summed E-state index contributed by atoms with van der Waals surface area (Å²) in [6.45, 7) is 2.46. The number of carbonyl (C=O) groups excluding carboxylic acids is 1. The zero-order valence-corrected chi connectivity index (χ0v) is 13.0. The van der Waals surface area contributed by atoms with Crippen molar-refractivity contribution in [3.63, 3.8) is 0 Å². The summed E-state index contributed by atoms with van der Waals surface area (Å²) in [6, 6.07) is 1.90. The van der Waals surface area contributed by atoms with Gasteiger partial charge in [-0.1, -0.05) is 18.5 Å². The van der Waals surface area contributed by atoms with Gasteiger partial charge in [-0.25, -0.2) is 4.98 Å². The van der Waals surface area contributed by atoms with E-state index < -0.39 is 0 Å². The number of carbonyl (C=O) groups is 1. The van der Waals surface area contributed by atoms with Gasteiger partial charge in [-0.15, -0.1) is 11.3 Å². The number of nitrogens with one attached hydrogen (secondary N) is 1. The third kappa shape index (κ3) is 3.32. The molecule has 0 bridgehead atoms. The normalized spacial score (nSPS) is 14.0. The molecule has 2 heterocycles. The fraction of sp³-hybridized carbons (Fsp3) is 0.533. The van der Waals surface area contributed by atoms with Gasteiger partial charge in [0.25, 0.3) is 5.91 Å². The lowest BCUT2D eigenvalue weighted by Crippen LogP contribution is -2.22. The van der Waals surface area contributed by atoms with Gasteiger partial charge in [0.05, 0.1) is 17.9 Å². The molecule has 0 radical (unpaired) electrons. The standard InChI is InChI=1S/C15H19N3O2S/c1-2-5-10-8-11(20-18-10)9-16-14(19)15-17-12-6-3-4-7-13(12)21-15/h8H,2-7,9H2,1H3,(H,16,19). The van der Waals surface area contributed by atoms with Crippen LogP contribution >= 0.6 is 11.3 Å². The van der Waals surface area contributed by atoms with E-state index >= 15 is 0 Å². The van der Waals surface area contributed by atoms with Crippen LogP contribution in [0.25, 0.3) is 0 Å². The van der Waals surface area contributed by atoms with E-state index in [9.17, 15) is 4.79 Å². The highest BCUT2D eigenvalue weighted by atomic mass is 32.1. The Balaban J connectivity index is 1.59. The molecule has 2 aromatic heterocycles. The Bertz CT molecular complexity index is 609. The van der Waals surface area contributed by atoms with Crippen LogP contribution in [-0.4, -0.2) is 16.0 Å². The van der Waals surface area contributed by atoms with Crippen molar-refractivity contribution in [3.05, 3.63) is 33.1 Å². The Morgan fingerprint density at radius 2 is 2.29 bits per heavy atom. The Morgan fingerprint density at radius 1 is 1.43 bits per heavy atom. The molecule has 1 aliphatic rings. The second-order valence-electron chi connectivity index (χ2n) is 5.31. The number of hydrogen-bond acceptors (Lipinski definition) is 5. The number of hydrogen-bond donors (Lipinski definition) is 1. The van der Waals surface area contributed by atoms with Crippen molar-refractivity contribution in [1.29, 1.82) is 0 Å². The van der Waals surface area contributed by atoms with Gasteiger partial charge in [0.2, 0.25) is 0 Å². The first kappa shape index (κ1) is 14.3. The Morgan fingerprint density at radius 3 is 3.10 bits per heavy atom. The molecule has 0 unspecified atom stereocenters. The van der Waals surface area contributed by atoms with E-state index in [1.54, 1.807) is 0 Å². The Hall–Kier alpha value is -1.69. The largest absolute Gasteiger partial charge is 0.359 e. The van der Waals surface area contributed by atoms with Gasteiger partial charge in [0, 0.05) is 10.9 Å². The summed E-state index contributed by atoms with van der Waals surface area (Å²) in [5, 5.41) is 7.39. The van der Waals surface area contributed by atoms with Crippen LogP contribution in [0, 0.1) is 0 Å². The van der Waals surface area contributed by atoms with E-state index in [-0.39, 0.29) is 5.91 Å². The first-order valence-electron chi connectivity index (χ1n) is 7.47. The van der Waals surface area contributed by atoms with Crippen LogP contribution in [0.3, 0.4) is 0 Å². The second-order valence-corrected chi connectivity index (χ2v) is 6.40. The highest BCUT2D eigenvalue weighted by molar-refractivity contribution is 7.13. The number of nitrogens with zero attached hydrogens (tertiary/aromatic N) is 2. The minimum absolute atomic E-state index is 0.122. The highest BCUT2D eigenvalue weighted by Crippen LogP contribution is 2.26. The second kappa shape index (κ2) is 6.39. The van der Waals surface area contributed by atoms with Gasteiger partial charge in [0.1, 0.15) is 0 Å². The van der Waals surface area contributed by atoms with E-state index in [4.69, 9.17) is 4.52 Å². The summed E-state index contributed by atoms with van der Waals surface area (Å²) in [4.78, 5) is 17.9. The fourth-order valence-electron chi connectivity index (χ4n) is 2.51. The summed E-state index contributed by atoms with van der Waals surface area (Å²) in [6.07, 6.45) is 6.37. The molecule has 0 saturated heterocycles. The van der Waals surface area contributed by atoms with Crippen LogP contribution in [0.2, 0.25) is 0 Å². The average Bonchev–Trinajstić information content (AvgIpc) is 3.11. The quantitative estimate of drug-likeness (QED) is 0.922. The predicted octanol–water partition coefficient (Wildman–Crippen LogP) is 2.89. The summed E-state index contributed by atoms with van der Waals surface area (Å²) in [5.74, 6) is 0.566. The molecule has 0 aromatic carbocycles. The van der Waals surface area contributed by atoms with Crippen molar-refractivity contribution in [2.45, 2.75) is 52.0 Å². The lowest BCUT2D eigenvalue weighted by atomic mass is 10.0. The van der Waals surface area contributed by atoms with Gasteiger partial charge < -0.3 is 9.84 Å². The van der Waals surface area contributed by atoms with Crippen LogP contribution in [0.1, 0.15) is 58.0 Å². The molecular formula is C15H19N3O2S. The molecular weight excluding hydrogens is 286 g/mol. The SMILES string of the molecule is CCCc1cc(CNC(=O)c2nc3c(s2)CCCC3)on1. The van der Waals surface area contributed by atoms with E-state index in [1.165, 1.54) is 29.1 Å². The maximum Gasteiger partial charge on any atom is 0.280 e. The number of fused-ring (bicyclic) bond motifs is 1. The molecule has 0 atom stereocenters. The molecule has 0 fully saturated rings. The topological polar surface area (TPSA) is 68.0 Å². The van der Waals surface area contributed by atoms with Gasteiger partial charge in [-0.3, -0.25) is 4.79 Å². The zero-order chi connectivity index (χ0) is 14.7. The maximum atomic E-state index is 12.1. The molecule has 1 amide bonds. The molecule has 2 aromatic rings. The maximum absolute atomic E-state index is 12.1. The molecule has 3 rings (SSSR count). The zero-order valence-electron chi connectivity index (χ0n) is 12.1. The summed E-state index contributed by atoms with van der Waals surface area (Å²) in [5.41, 5.74) is 2.05. The molecule has 0 saturated carbocycles. The molecule has 0 aliphatic heterocycles. The first-order valence-corrected chi connectivity index (χ1v) is 8.29. The molecule has 1 N–H and O–H groups in total. The van der Waals surface area contributed by atoms with Crippen LogP contribution in [0.15, 0.2) is 10.6 Å². The number of aromatic nitrogens is 2. The number of thiazole rings is 1. The van der Waals surface area contributed by atoms with Gasteiger partial charge in [0.15, 0.2) is 10.8 Å². The molecule has 0 spiro atoms. The van der Waals surface area contributed by atoms with Crippen LogP contribution in [0.5, 0.6) is 0 Å². The third-order valence-electron chi connectivity index (χ3n) is 3.58. The molecule has 5 nitrogen and oxygen atoms in total. The first-order chi connectivity index (χ1) is 10.3. The average molecular weight is 305 g/mol. The molecule has 6 heteroatoms. The minimum atomic E-state index is -0.122. The van der Waals surface area contributed by atoms with E-state index in [0.717, 1.165) is 37.1 Å². The van der Waals surface area contributed by atoms with Gasteiger partial charge in [-0.05, 0) is 32.1 Å². The molecule has 112 valence electrons. The van der Waals surface area contributed by atoms with E-state index in [0.29, 0.717) is 17.3 Å². The molecule has 1 aliphatic carbocycles. The van der Waals surface area contributed by atoms with E-state index in [1.807, 2.05) is 6.07 Å². The van der Waals surface area contributed by atoms with Crippen molar-refractivity contribution in [1.82, 2.24) is 15.5 Å². The van der Waals surface area contributed by atoms with Crippen molar-refractivity contribution < 1.29 is 9.32 Å². The van der Waals surface area contributed by atoms with Crippen LogP contribution in [0.4, 0.5) is 0 Å². The van der Waals surface area contributed by atoms with Gasteiger partial charge >= 0.3 is 0 Å². The van der Waals surface area contributed by atoms with Crippen molar-refractivity contribution in [3.8, 4) is 0 Å². The lowest BCUT2D eigenvalue weighted by Gasteiger charge is -2.06. The van der Waals surface area contributed by atoms with Crippen molar-refractivity contribution >= 4 is 17.2 Å². The number of aryl methyl sites for hydroxylation is 3. The number of rotatable bonds is 5. The Labute approximate surface area is 127 Å². The monoisotopic (exact) mass is 305 g/mol. The fourth-order valence-corrected chi connectivity index (χ4v) is 3.57. The minimum Gasteiger partial charge on any atom is -0.359 e. The molecule has 21 heavy (non-hydrogen) atoms. The lowest BCUT2D eigenvalue weighted by molar-refractivity contribution is 0.0946. The van der Waals surface area contributed by atoms with Crippen molar-refractivity contribution in [2.24, 2.45) is 0 Å². The van der Waals surface area contributed by atoms with E-state index in [2.05, 4.69) is 22.4 Å². The van der Waals surface area contributed by atoms with Crippen LogP contribution in [-0.2, 0) is 25.8 Å². The van der Waals surface area contributed by atoms with Gasteiger partial charge in [-0.2, -0.15) is 0 Å². The summed E-state index contributed by atoms with van der Waals surface area (Å²) in [7, 11) is 0.